The number of esters is 1. The quantitative estimate of drug-likeness (QED) is 0.786. The molecule has 0 spiro atoms. The van der Waals surface area contributed by atoms with Crippen molar-refractivity contribution in [1.82, 2.24) is 4.98 Å². The number of hydrogen-bond acceptors (Lipinski definition) is 4. The maximum atomic E-state index is 11.4. The predicted molar refractivity (Wildman–Crippen MR) is 72.2 cm³/mol. The molecule has 1 saturated carbocycles. The van der Waals surface area contributed by atoms with Crippen LogP contribution in [-0.2, 0) is 4.74 Å². The Balaban J connectivity index is 1.98. The third-order valence-electron chi connectivity index (χ3n) is 3.73. The number of ether oxygens (including phenoxy) is 2. The van der Waals surface area contributed by atoms with E-state index in [1.165, 1.54) is 7.11 Å². The van der Waals surface area contributed by atoms with Crippen molar-refractivity contribution in [1.29, 1.82) is 0 Å². The van der Waals surface area contributed by atoms with Crippen molar-refractivity contribution in [2.75, 3.05) is 7.11 Å². The van der Waals surface area contributed by atoms with Gasteiger partial charge in [-0.25, -0.2) is 9.78 Å². The van der Waals surface area contributed by atoms with E-state index in [4.69, 9.17) is 4.74 Å². The van der Waals surface area contributed by atoms with Crippen LogP contribution in [0.4, 0.5) is 0 Å². The molecule has 0 bridgehead atoms. The summed E-state index contributed by atoms with van der Waals surface area (Å²) in [6.07, 6.45) is 6.18. The highest BCUT2D eigenvalue weighted by atomic mass is 16.5. The monoisotopic (exact) mass is 263 g/mol. The number of carbonyl (C=O) groups is 1. The van der Waals surface area contributed by atoms with Crippen LogP contribution in [0.3, 0.4) is 0 Å². The van der Waals surface area contributed by atoms with Gasteiger partial charge < -0.3 is 9.47 Å². The zero-order chi connectivity index (χ0) is 13.9. The molecule has 0 aromatic carbocycles. The van der Waals surface area contributed by atoms with Crippen molar-refractivity contribution in [3.8, 4) is 5.88 Å². The molecular weight excluding hydrogens is 242 g/mol. The van der Waals surface area contributed by atoms with Gasteiger partial charge in [-0.2, -0.15) is 0 Å². The molecule has 19 heavy (non-hydrogen) atoms. The van der Waals surface area contributed by atoms with E-state index < -0.39 is 0 Å². The normalized spacial score (nSPS) is 18.9. The van der Waals surface area contributed by atoms with Gasteiger partial charge in [0.1, 0.15) is 6.10 Å². The van der Waals surface area contributed by atoms with E-state index in [-0.39, 0.29) is 12.1 Å². The Hall–Kier alpha value is -1.58. The van der Waals surface area contributed by atoms with Crippen LogP contribution < -0.4 is 4.74 Å². The Morgan fingerprint density at radius 1 is 1.37 bits per heavy atom. The Bertz CT molecular complexity index is 446. The number of carbonyl (C=O) groups excluding carboxylic acids is 1. The van der Waals surface area contributed by atoms with E-state index >= 15 is 0 Å². The Morgan fingerprint density at radius 2 is 2.05 bits per heavy atom. The zero-order valence-corrected chi connectivity index (χ0v) is 11.8. The van der Waals surface area contributed by atoms with Crippen molar-refractivity contribution >= 4 is 5.97 Å². The van der Waals surface area contributed by atoms with Crippen LogP contribution in [0, 0.1) is 5.41 Å². The summed E-state index contributed by atoms with van der Waals surface area (Å²) in [4.78, 5) is 15.6. The summed E-state index contributed by atoms with van der Waals surface area (Å²) in [7, 11) is 1.37. The first kappa shape index (κ1) is 13.8. The van der Waals surface area contributed by atoms with Crippen LogP contribution in [0.5, 0.6) is 5.88 Å². The molecule has 1 aromatic rings. The topological polar surface area (TPSA) is 48.4 Å². The van der Waals surface area contributed by atoms with E-state index in [1.807, 2.05) is 0 Å². The van der Waals surface area contributed by atoms with Gasteiger partial charge in [0.25, 0.3) is 0 Å². The summed E-state index contributed by atoms with van der Waals surface area (Å²) in [5.74, 6) is 0.143. The molecule has 0 aliphatic heterocycles. The van der Waals surface area contributed by atoms with Gasteiger partial charge in [0.2, 0.25) is 5.88 Å². The fourth-order valence-electron chi connectivity index (χ4n) is 2.38. The zero-order valence-electron chi connectivity index (χ0n) is 11.8. The van der Waals surface area contributed by atoms with Crippen LogP contribution in [-0.4, -0.2) is 24.2 Å². The Morgan fingerprint density at radius 3 is 2.68 bits per heavy atom. The van der Waals surface area contributed by atoms with E-state index in [2.05, 4.69) is 23.6 Å². The van der Waals surface area contributed by atoms with Gasteiger partial charge in [-0.3, -0.25) is 0 Å². The molecule has 1 aromatic heterocycles. The highest BCUT2D eigenvalue weighted by Crippen LogP contribution is 2.36. The lowest BCUT2D eigenvalue weighted by Crippen LogP contribution is -2.28. The number of methoxy groups -OCH3 is 1. The second-order valence-corrected chi connectivity index (χ2v) is 5.86. The van der Waals surface area contributed by atoms with Crippen LogP contribution in [0.15, 0.2) is 18.3 Å². The molecule has 1 aliphatic carbocycles. The number of nitrogens with zero attached hydrogens (tertiary/aromatic N) is 1. The molecule has 1 aliphatic rings. The van der Waals surface area contributed by atoms with Gasteiger partial charge in [-0.15, -0.1) is 0 Å². The molecule has 4 nitrogen and oxygen atoms in total. The maximum absolute atomic E-state index is 11.4. The summed E-state index contributed by atoms with van der Waals surface area (Å²) in [5.41, 5.74) is 0.893. The SMILES string of the molecule is COC(=O)c1ccnc(OC2CCC(C)(C)CC2)c1. The lowest BCUT2D eigenvalue weighted by Gasteiger charge is -2.34. The van der Waals surface area contributed by atoms with Gasteiger partial charge in [0.05, 0.1) is 12.7 Å². The summed E-state index contributed by atoms with van der Waals surface area (Å²) < 4.78 is 10.6. The lowest BCUT2D eigenvalue weighted by atomic mass is 9.76. The van der Waals surface area contributed by atoms with E-state index in [9.17, 15) is 4.79 Å². The van der Waals surface area contributed by atoms with Crippen molar-refractivity contribution in [3.63, 3.8) is 0 Å². The first-order chi connectivity index (χ1) is 9.00. The van der Waals surface area contributed by atoms with E-state index in [0.717, 1.165) is 25.7 Å². The van der Waals surface area contributed by atoms with Gasteiger partial charge in [-0.1, -0.05) is 13.8 Å². The molecule has 0 atom stereocenters. The number of rotatable bonds is 3. The maximum Gasteiger partial charge on any atom is 0.338 e. The summed E-state index contributed by atoms with van der Waals surface area (Å²) in [6.45, 7) is 4.58. The average molecular weight is 263 g/mol. The van der Waals surface area contributed by atoms with Gasteiger partial charge in [0, 0.05) is 12.3 Å². The second-order valence-electron chi connectivity index (χ2n) is 5.86. The van der Waals surface area contributed by atoms with Crippen LogP contribution in [0.2, 0.25) is 0 Å². The van der Waals surface area contributed by atoms with E-state index in [0.29, 0.717) is 16.9 Å². The second kappa shape index (κ2) is 5.59. The van der Waals surface area contributed by atoms with Gasteiger partial charge in [-0.05, 0) is 37.2 Å². The van der Waals surface area contributed by atoms with Crippen LogP contribution in [0.1, 0.15) is 49.9 Å². The lowest BCUT2D eigenvalue weighted by molar-refractivity contribution is 0.0598. The first-order valence-electron chi connectivity index (χ1n) is 6.71. The highest BCUT2D eigenvalue weighted by molar-refractivity contribution is 5.89. The van der Waals surface area contributed by atoms with Crippen molar-refractivity contribution in [3.05, 3.63) is 23.9 Å². The molecule has 2 rings (SSSR count). The number of hydrogen-bond donors (Lipinski definition) is 0. The molecule has 0 amide bonds. The standard InChI is InChI=1S/C15H21NO3/c1-15(2)7-4-12(5-8-15)19-13-10-11(6-9-16-13)14(17)18-3/h6,9-10,12H,4-5,7-8H2,1-3H3. The molecule has 1 fully saturated rings. The van der Waals surface area contributed by atoms with Crippen molar-refractivity contribution < 1.29 is 14.3 Å². The fourth-order valence-corrected chi connectivity index (χ4v) is 2.38. The summed E-state index contributed by atoms with van der Waals surface area (Å²) in [5, 5.41) is 0. The minimum Gasteiger partial charge on any atom is -0.474 e. The average Bonchev–Trinajstić information content (AvgIpc) is 2.41. The minimum absolute atomic E-state index is 0.202. The Kier molecular flexibility index (Phi) is 4.08. The molecular formula is C15H21NO3. The molecule has 0 unspecified atom stereocenters. The van der Waals surface area contributed by atoms with Crippen LogP contribution >= 0.6 is 0 Å². The molecule has 4 heteroatoms. The minimum atomic E-state index is -0.364. The van der Waals surface area contributed by atoms with Gasteiger partial charge in [0.15, 0.2) is 0 Å². The number of aromatic nitrogens is 1. The molecule has 0 saturated heterocycles. The van der Waals surface area contributed by atoms with Gasteiger partial charge >= 0.3 is 5.97 Å². The predicted octanol–water partition coefficient (Wildman–Crippen LogP) is 3.22. The molecule has 0 N–H and O–H groups in total. The van der Waals surface area contributed by atoms with Crippen molar-refractivity contribution in [2.45, 2.75) is 45.6 Å². The molecule has 104 valence electrons. The summed E-state index contributed by atoms with van der Waals surface area (Å²) >= 11 is 0. The van der Waals surface area contributed by atoms with Crippen LogP contribution in [0.25, 0.3) is 0 Å². The fraction of sp³-hybridized carbons (Fsp3) is 0.600. The molecule has 0 radical (unpaired) electrons. The Labute approximate surface area is 114 Å². The van der Waals surface area contributed by atoms with E-state index in [1.54, 1.807) is 18.3 Å². The smallest absolute Gasteiger partial charge is 0.338 e. The first-order valence-corrected chi connectivity index (χ1v) is 6.71. The molecule has 1 heterocycles. The highest BCUT2D eigenvalue weighted by Gasteiger charge is 2.28. The third-order valence-corrected chi connectivity index (χ3v) is 3.73. The largest absolute Gasteiger partial charge is 0.474 e. The van der Waals surface area contributed by atoms with Crippen molar-refractivity contribution in [2.24, 2.45) is 5.41 Å². The number of pyridine rings is 1. The summed E-state index contributed by atoms with van der Waals surface area (Å²) in [6, 6.07) is 3.27. The third kappa shape index (κ3) is 3.69.